The molecule has 0 aliphatic carbocycles. The number of hydrogen-bond donors (Lipinski definition) is 1. The molecule has 0 spiro atoms. The number of aromatic nitrogens is 2. The fourth-order valence-corrected chi connectivity index (χ4v) is 3.08. The number of imidazole rings is 1. The Morgan fingerprint density at radius 3 is 3.00 bits per heavy atom. The van der Waals surface area contributed by atoms with Crippen molar-refractivity contribution in [2.75, 3.05) is 5.73 Å². The van der Waals surface area contributed by atoms with Gasteiger partial charge in [-0.2, -0.15) is 11.3 Å². The number of hydrogen-bond acceptors (Lipinski definition) is 3. The molecule has 2 heterocycles. The molecule has 0 amide bonds. The first-order valence-electron chi connectivity index (χ1n) is 5.77. The van der Waals surface area contributed by atoms with Gasteiger partial charge in [-0.3, -0.25) is 0 Å². The molecule has 0 bridgehead atoms. The number of fused-ring (bicyclic) bond motifs is 1. The highest BCUT2D eigenvalue weighted by Crippen LogP contribution is 2.25. The SMILES string of the molecule is Nc1nc2cc(Br)c(F)cc2n1CCc1ccsc1. The first kappa shape index (κ1) is 12.6. The molecule has 0 atom stereocenters. The van der Waals surface area contributed by atoms with E-state index in [0.29, 0.717) is 22.5 Å². The lowest BCUT2D eigenvalue weighted by atomic mass is 10.2. The lowest BCUT2D eigenvalue weighted by molar-refractivity contribution is 0.621. The Labute approximate surface area is 122 Å². The molecule has 0 aliphatic rings. The quantitative estimate of drug-likeness (QED) is 0.788. The van der Waals surface area contributed by atoms with Crippen LogP contribution >= 0.6 is 27.3 Å². The molecule has 0 saturated heterocycles. The van der Waals surface area contributed by atoms with Gasteiger partial charge in [0.05, 0.1) is 15.5 Å². The van der Waals surface area contributed by atoms with Crippen molar-refractivity contribution in [1.82, 2.24) is 9.55 Å². The zero-order chi connectivity index (χ0) is 13.4. The van der Waals surface area contributed by atoms with Gasteiger partial charge >= 0.3 is 0 Å². The van der Waals surface area contributed by atoms with Crippen LogP contribution in [0, 0.1) is 5.82 Å². The lowest BCUT2D eigenvalue weighted by Gasteiger charge is -2.05. The summed E-state index contributed by atoms with van der Waals surface area (Å²) < 4.78 is 15.9. The average Bonchev–Trinajstić information content (AvgIpc) is 2.96. The van der Waals surface area contributed by atoms with E-state index in [0.717, 1.165) is 11.9 Å². The predicted molar refractivity (Wildman–Crippen MR) is 79.8 cm³/mol. The van der Waals surface area contributed by atoms with Crippen molar-refractivity contribution in [1.29, 1.82) is 0 Å². The standard InChI is InChI=1S/C13H11BrFN3S/c14-9-5-11-12(6-10(9)15)18(13(16)17-11)3-1-8-2-4-19-7-8/h2,4-7H,1,3H2,(H2,16,17). The summed E-state index contributed by atoms with van der Waals surface area (Å²) in [7, 11) is 0. The number of halogens is 2. The van der Waals surface area contributed by atoms with Crippen molar-refractivity contribution in [2.24, 2.45) is 0 Å². The van der Waals surface area contributed by atoms with Crippen molar-refractivity contribution in [3.05, 3.63) is 44.8 Å². The van der Waals surface area contributed by atoms with Crippen molar-refractivity contribution >= 4 is 44.2 Å². The van der Waals surface area contributed by atoms with E-state index in [1.54, 1.807) is 17.4 Å². The summed E-state index contributed by atoms with van der Waals surface area (Å²) in [4.78, 5) is 4.26. The highest BCUT2D eigenvalue weighted by atomic mass is 79.9. The van der Waals surface area contributed by atoms with Gasteiger partial charge in [-0.1, -0.05) is 0 Å². The molecule has 6 heteroatoms. The Morgan fingerprint density at radius 1 is 1.42 bits per heavy atom. The van der Waals surface area contributed by atoms with Crippen LogP contribution in [0.1, 0.15) is 5.56 Å². The minimum absolute atomic E-state index is 0.302. The van der Waals surface area contributed by atoms with Crippen LogP contribution in [-0.4, -0.2) is 9.55 Å². The fourth-order valence-electron chi connectivity index (χ4n) is 2.05. The molecule has 1 aromatic carbocycles. The molecule has 0 fully saturated rings. The second-order valence-electron chi connectivity index (χ2n) is 4.26. The van der Waals surface area contributed by atoms with Crippen LogP contribution in [0.2, 0.25) is 0 Å². The molecule has 0 aliphatic heterocycles. The number of rotatable bonds is 3. The molecule has 2 aromatic heterocycles. The van der Waals surface area contributed by atoms with Crippen LogP contribution in [0.3, 0.4) is 0 Å². The third-order valence-corrected chi connectivity index (χ3v) is 4.36. The Balaban J connectivity index is 1.98. The van der Waals surface area contributed by atoms with Crippen LogP contribution in [0.15, 0.2) is 33.4 Å². The van der Waals surface area contributed by atoms with E-state index in [1.807, 2.05) is 9.95 Å². The van der Waals surface area contributed by atoms with Crippen molar-refractivity contribution < 1.29 is 4.39 Å². The summed E-state index contributed by atoms with van der Waals surface area (Å²) in [6, 6.07) is 5.20. The average molecular weight is 340 g/mol. The minimum Gasteiger partial charge on any atom is -0.369 e. The molecule has 3 nitrogen and oxygen atoms in total. The summed E-state index contributed by atoms with van der Waals surface area (Å²) in [5.41, 5.74) is 8.60. The topological polar surface area (TPSA) is 43.8 Å². The fraction of sp³-hybridized carbons (Fsp3) is 0.154. The monoisotopic (exact) mass is 339 g/mol. The minimum atomic E-state index is -0.302. The van der Waals surface area contributed by atoms with E-state index < -0.39 is 0 Å². The second-order valence-corrected chi connectivity index (χ2v) is 5.89. The number of aryl methyl sites for hydroxylation is 2. The Bertz CT molecular complexity index is 721. The zero-order valence-corrected chi connectivity index (χ0v) is 12.3. The van der Waals surface area contributed by atoms with Gasteiger partial charge in [0.2, 0.25) is 5.95 Å². The van der Waals surface area contributed by atoms with Gasteiger partial charge in [0.1, 0.15) is 5.82 Å². The van der Waals surface area contributed by atoms with Gasteiger partial charge in [0.25, 0.3) is 0 Å². The number of anilines is 1. The van der Waals surface area contributed by atoms with E-state index >= 15 is 0 Å². The van der Waals surface area contributed by atoms with Gasteiger partial charge in [-0.25, -0.2) is 9.37 Å². The molecule has 0 saturated carbocycles. The van der Waals surface area contributed by atoms with Crippen LogP contribution < -0.4 is 5.73 Å². The molecular formula is C13H11BrFN3S. The maximum atomic E-state index is 13.6. The highest BCUT2D eigenvalue weighted by molar-refractivity contribution is 9.10. The maximum Gasteiger partial charge on any atom is 0.201 e. The van der Waals surface area contributed by atoms with Crippen molar-refractivity contribution in [3.8, 4) is 0 Å². The summed E-state index contributed by atoms with van der Waals surface area (Å²) in [5, 5.41) is 4.15. The molecule has 19 heavy (non-hydrogen) atoms. The maximum absolute atomic E-state index is 13.6. The van der Waals surface area contributed by atoms with E-state index in [4.69, 9.17) is 5.73 Å². The predicted octanol–water partition coefficient (Wildman–Crippen LogP) is 3.82. The van der Waals surface area contributed by atoms with Crippen LogP contribution in [0.5, 0.6) is 0 Å². The van der Waals surface area contributed by atoms with Gasteiger partial charge in [0, 0.05) is 12.6 Å². The first-order chi connectivity index (χ1) is 9.15. The third kappa shape index (κ3) is 2.37. The summed E-state index contributed by atoms with van der Waals surface area (Å²) in [5.74, 6) is 0.118. The molecule has 98 valence electrons. The largest absolute Gasteiger partial charge is 0.369 e. The lowest BCUT2D eigenvalue weighted by Crippen LogP contribution is -2.05. The van der Waals surface area contributed by atoms with Crippen LogP contribution in [0.4, 0.5) is 10.3 Å². The normalized spacial score (nSPS) is 11.3. The first-order valence-corrected chi connectivity index (χ1v) is 7.50. The summed E-state index contributed by atoms with van der Waals surface area (Å²) in [6.45, 7) is 0.695. The summed E-state index contributed by atoms with van der Waals surface area (Å²) in [6.07, 6.45) is 0.858. The van der Waals surface area contributed by atoms with E-state index in [-0.39, 0.29) is 5.82 Å². The molecule has 3 rings (SSSR count). The molecular weight excluding hydrogens is 329 g/mol. The highest BCUT2D eigenvalue weighted by Gasteiger charge is 2.11. The Kier molecular flexibility index (Phi) is 3.28. The van der Waals surface area contributed by atoms with Crippen molar-refractivity contribution in [3.63, 3.8) is 0 Å². The van der Waals surface area contributed by atoms with E-state index in [1.165, 1.54) is 11.6 Å². The van der Waals surface area contributed by atoms with Crippen LogP contribution in [-0.2, 0) is 13.0 Å². The second kappa shape index (κ2) is 4.94. The van der Waals surface area contributed by atoms with Crippen LogP contribution in [0.25, 0.3) is 11.0 Å². The summed E-state index contributed by atoms with van der Waals surface area (Å²) >= 11 is 4.82. The smallest absolute Gasteiger partial charge is 0.201 e. The number of thiophene rings is 1. The zero-order valence-electron chi connectivity index (χ0n) is 9.94. The Morgan fingerprint density at radius 2 is 2.26 bits per heavy atom. The van der Waals surface area contributed by atoms with Gasteiger partial charge in [-0.05, 0) is 50.8 Å². The van der Waals surface area contributed by atoms with Gasteiger partial charge in [-0.15, -0.1) is 0 Å². The van der Waals surface area contributed by atoms with E-state index in [9.17, 15) is 4.39 Å². The van der Waals surface area contributed by atoms with Crippen molar-refractivity contribution in [2.45, 2.75) is 13.0 Å². The molecule has 0 unspecified atom stereocenters. The number of nitrogens with zero attached hydrogens (tertiary/aromatic N) is 2. The van der Waals surface area contributed by atoms with Gasteiger partial charge in [0.15, 0.2) is 0 Å². The molecule has 2 N–H and O–H groups in total. The number of nitrogen functional groups attached to an aromatic ring is 1. The van der Waals surface area contributed by atoms with Gasteiger partial charge < -0.3 is 10.3 Å². The number of nitrogens with two attached hydrogens (primary N) is 1. The molecule has 3 aromatic rings. The molecule has 0 radical (unpaired) electrons. The Hall–Kier alpha value is -1.40. The number of benzene rings is 1. The third-order valence-electron chi connectivity index (χ3n) is 3.02. The van der Waals surface area contributed by atoms with E-state index in [2.05, 4.69) is 32.4 Å².